The third-order valence-corrected chi connectivity index (χ3v) is 3.70. The van der Waals surface area contributed by atoms with Crippen LogP contribution in [-0.2, 0) is 4.74 Å². The van der Waals surface area contributed by atoms with Gasteiger partial charge in [-0.2, -0.15) is 0 Å². The third-order valence-electron chi connectivity index (χ3n) is 3.70. The largest absolute Gasteiger partial charge is 0.465 e. The lowest BCUT2D eigenvalue weighted by molar-refractivity contribution is 0.0600. The van der Waals surface area contributed by atoms with E-state index >= 15 is 0 Å². The fourth-order valence-electron chi connectivity index (χ4n) is 2.38. The molecule has 6 nitrogen and oxygen atoms in total. The molecule has 27 heavy (non-hydrogen) atoms. The van der Waals surface area contributed by atoms with Gasteiger partial charge in [0.25, 0.3) is 5.91 Å². The Morgan fingerprint density at radius 1 is 1.00 bits per heavy atom. The highest BCUT2D eigenvalue weighted by Gasteiger charge is 2.11. The first-order chi connectivity index (χ1) is 13.1. The average molecular weight is 365 g/mol. The van der Waals surface area contributed by atoms with Crippen LogP contribution in [0.15, 0.2) is 66.9 Å². The Hall–Kier alpha value is -3.74. The van der Waals surface area contributed by atoms with Crippen molar-refractivity contribution in [2.45, 2.75) is 0 Å². The van der Waals surface area contributed by atoms with E-state index in [4.69, 9.17) is 4.74 Å². The second-order valence-electron chi connectivity index (χ2n) is 5.56. The predicted octanol–water partition coefficient (Wildman–Crippen LogP) is 4.00. The molecule has 1 heterocycles. The normalized spacial score (nSPS) is 10.1. The summed E-state index contributed by atoms with van der Waals surface area (Å²) in [6.45, 7) is 0. The van der Waals surface area contributed by atoms with E-state index in [2.05, 4.69) is 15.6 Å². The Bertz CT molecular complexity index is 974. The van der Waals surface area contributed by atoms with E-state index in [1.54, 1.807) is 42.5 Å². The molecule has 0 spiro atoms. The van der Waals surface area contributed by atoms with Crippen LogP contribution >= 0.6 is 0 Å². The van der Waals surface area contributed by atoms with Gasteiger partial charge in [0.2, 0.25) is 0 Å². The van der Waals surface area contributed by atoms with Gasteiger partial charge >= 0.3 is 5.97 Å². The van der Waals surface area contributed by atoms with E-state index in [0.29, 0.717) is 16.9 Å². The topological polar surface area (TPSA) is 80.3 Å². The molecule has 2 N–H and O–H groups in total. The van der Waals surface area contributed by atoms with Crippen molar-refractivity contribution in [2.24, 2.45) is 0 Å². The Morgan fingerprint density at radius 2 is 1.81 bits per heavy atom. The maximum Gasteiger partial charge on any atom is 0.337 e. The van der Waals surface area contributed by atoms with Gasteiger partial charge in [0.05, 0.1) is 30.1 Å². The second kappa shape index (κ2) is 8.09. The van der Waals surface area contributed by atoms with Crippen molar-refractivity contribution in [1.82, 2.24) is 4.98 Å². The molecule has 3 rings (SSSR count). The predicted molar refractivity (Wildman–Crippen MR) is 99.7 cm³/mol. The monoisotopic (exact) mass is 365 g/mol. The summed E-state index contributed by atoms with van der Waals surface area (Å²) < 4.78 is 18.3. The standard InChI is InChI=1S/C20H16FN3O3/c1-27-20(26)13-5-4-6-14(11-13)23-15-9-10-18(22-12-15)24-19(25)16-7-2-3-8-17(16)21/h2-12,23H,1H3,(H,22,24,25). The molecule has 3 aromatic rings. The SMILES string of the molecule is COC(=O)c1cccc(Nc2ccc(NC(=O)c3ccccc3F)nc2)c1. The number of carbonyl (C=O) groups excluding carboxylic acids is 2. The molecule has 0 fully saturated rings. The molecule has 136 valence electrons. The van der Waals surface area contributed by atoms with Gasteiger partial charge in [-0.3, -0.25) is 4.79 Å². The zero-order chi connectivity index (χ0) is 19.2. The van der Waals surface area contributed by atoms with Crippen LogP contribution in [0.4, 0.5) is 21.6 Å². The van der Waals surface area contributed by atoms with Crippen molar-refractivity contribution >= 4 is 29.1 Å². The van der Waals surface area contributed by atoms with E-state index in [9.17, 15) is 14.0 Å². The van der Waals surface area contributed by atoms with Crippen LogP contribution < -0.4 is 10.6 Å². The molecule has 1 amide bonds. The molecule has 0 aliphatic carbocycles. The highest BCUT2D eigenvalue weighted by molar-refractivity contribution is 6.04. The van der Waals surface area contributed by atoms with Crippen molar-refractivity contribution < 1.29 is 18.7 Å². The molecule has 0 aliphatic rings. The summed E-state index contributed by atoms with van der Waals surface area (Å²) in [4.78, 5) is 27.8. The van der Waals surface area contributed by atoms with Crippen molar-refractivity contribution in [3.8, 4) is 0 Å². The number of hydrogen-bond donors (Lipinski definition) is 2. The lowest BCUT2D eigenvalue weighted by Crippen LogP contribution is -2.14. The van der Waals surface area contributed by atoms with E-state index in [0.717, 1.165) is 0 Å². The quantitative estimate of drug-likeness (QED) is 0.668. The van der Waals surface area contributed by atoms with Gasteiger partial charge in [-0.25, -0.2) is 14.2 Å². The van der Waals surface area contributed by atoms with Crippen LogP contribution in [0.3, 0.4) is 0 Å². The number of rotatable bonds is 5. The summed E-state index contributed by atoms with van der Waals surface area (Å²) in [6, 6.07) is 15.8. The van der Waals surface area contributed by atoms with E-state index in [1.807, 2.05) is 0 Å². The third kappa shape index (κ3) is 4.46. The van der Waals surface area contributed by atoms with Gasteiger partial charge < -0.3 is 15.4 Å². The lowest BCUT2D eigenvalue weighted by Gasteiger charge is -2.09. The maximum absolute atomic E-state index is 13.6. The minimum absolute atomic E-state index is 0.0545. The molecule has 0 saturated heterocycles. The van der Waals surface area contributed by atoms with Gasteiger partial charge in [-0.1, -0.05) is 18.2 Å². The number of ether oxygens (including phenoxy) is 1. The number of pyridine rings is 1. The zero-order valence-electron chi connectivity index (χ0n) is 14.4. The molecule has 2 aromatic carbocycles. The Balaban J connectivity index is 1.68. The van der Waals surface area contributed by atoms with Crippen molar-refractivity contribution in [1.29, 1.82) is 0 Å². The van der Waals surface area contributed by atoms with Gasteiger partial charge in [0.1, 0.15) is 11.6 Å². The van der Waals surface area contributed by atoms with Crippen LogP contribution in [0.25, 0.3) is 0 Å². The number of hydrogen-bond acceptors (Lipinski definition) is 5. The number of methoxy groups -OCH3 is 1. The minimum Gasteiger partial charge on any atom is -0.465 e. The van der Waals surface area contributed by atoms with Gasteiger partial charge in [-0.15, -0.1) is 0 Å². The number of esters is 1. The fraction of sp³-hybridized carbons (Fsp3) is 0.0500. The van der Waals surface area contributed by atoms with Gasteiger partial charge in [0, 0.05) is 5.69 Å². The number of benzene rings is 2. The average Bonchev–Trinajstić information content (AvgIpc) is 2.69. The molecule has 0 aliphatic heterocycles. The number of halogens is 1. The summed E-state index contributed by atoms with van der Waals surface area (Å²) in [5.74, 6) is -1.31. The molecule has 7 heteroatoms. The maximum atomic E-state index is 13.6. The summed E-state index contributed by atoms with van der Waals surface area (Å²) >= 11 is 0. The first-order valence-electron chi connectivity index (χ1n) is 8.04. The van der Waals surface area contributed by atoms with Crippen LogP contribution in [0.2, 0.25) is 0 Å². The van der Waals surface area contributed by atoms with Gasteiger partial charge in [0.15, 0.2) is 0 Å². The first-order valence-corrected chi connectivity index (χ1v) is 8.04. The molecule has 0 bridgehead atoms. The molecular formula is C20H16FN3O3. The minimum atomic E-state index is -0.598. The summed E-state index contributed by atoms with van der Waals surface area (Å²) in [7, 11) is 1.32. The number of aromatic nitrogens is 1. The number of nitrogens with one attached hydrogen (secondary N) is 2. The van der Waals surface area contributed by atoms with Crippen LogP contribution in [0.5, 0.6) is 0 Å². The van der Waals surface area contributed by atoms with E-state index in [-0.39, 0.29) is 11.4 Å². The molecular weight excluding hydrogens is 349 g/mol. The van der Waals surface area contributed by atoms with Crippen molar-refractivity contribution in [3.05, 3.63) is 83.8 Å². The van der Waals surface area contributed by atoms with Crippen molar-refractivity contribution in [3.63, 3.8) is 0 Å². The van der Waals surface area contributed by atoms with Crippen LogP contribution in [0.1, 0.15) is 20.7 Å². The number of amides is 1. The lowest BCUT2D eigenvalue weighted by atomic mass is 10.2. The highest BCUT2D eigenvalue weighted by atomic mass is 19.1. The highest BCUT2D eigenvalue weighted by Crippen LogP contribution is 2.19. The smallest absolute Gasteiger partial charge is 0.337 e. The zero-order valence-corrected chi connectivity index (χ0v) is 14.4. The first kappa shape index (κ1) is 18.1. The molecule has 0 atom stereocenters. The van der Waals surface area contributed by atoms with E-state index < -0.39 is 17.7 Å². The molecule has 0 radical (unpaired) electrons. The molecule has 0 unspecified atom stereocenters. The Morgan fingerprint density at radius 3 is 2.52 bits per heavy atom. The summed E-state index contributed by atoms with van der Waals surface area (Å²) in [6.07, 6.45) is 1.52. The molecule has 0 saturated carbocycles. The Labute approximate surface area is 155 Å². The second-order valence-corrected chi connectivity index (χ2v) is 5.56. The van der Waals surface area contributed by atoms with E-state index in [1.165, 1.54) is 31.5 Å². The number of carbonyl (C=O) groups is 2. The van der Waals surface area contributed by atoms with Gasteiger partial charge in [-0.05, 0) is 42.5 Å². The van der Waals surface area contributed by atoms with Crippen LogP contribution in [-0.4, -0.2) is 24.0 Å². The van der Waals surface area contributed by atoms with Crippen LogP contribution in [0, 0.1) is 5.82 Å². The summed E-state index contributed by atoms with van der Waals surface area (Å²) in [5, 5.41) is 5.64. The molecule has 1 aromatic heterocycles. The summed E-state index contributed by atoms with van der Waals surface area (Å²) in [5.41, 5.74) is 1.70. The fourth-order valence-corrected chi connectivity index (χ4v) is 2.38. The van der Waals surface area contributed by atoms with Crippen molar-refractivity contribution in [2.75, 3.05) is 17.7 Å². The Kier molecular flexibility index (Phi) is 5.41. The number of nitrogens with zero attached hydrogens (tertiary/aromatic N) is 1. The number of anilines is 3.